The largest absolute Gasteiger partial charge is 0.408 e. The average Bonchev–Trinajstić information content (AvgIpc) is 2.78. The van der Waals surface area contributed by atoms with Crippen LogP contribution < -0.4 is 11.1 Å². The van der Waals surface area contributed by atoms with Crippen molar-refractivity contribution < 1.29 is 22.8 Å². The van der Waals surface area contributed by atoms with Gasteiger partial charge in [-0.2, -0.15) is 13.2 Å². The van der Waals surface area contributed by atoms with E-state index in [1.54, 1.807) is 5.32 Å². The van der Waals surface area contributed by atoms with Gasteiger partial charge in [0.2, 0.25) is 11.8 Å². The zero-order valence-corrected chi connectivity index (χ0v) is 7.80. The molecule has 1 unspecified atom stereocenters. The molecule has 4 nitrogen and oxygen atoms in total. The van der Waals surface area contributed by atoms with E-state index < -0.39 is 36.4 Å². The molecular weight excluding hydrogens is 213 g/mol. The summed E-state index contributed by atoms with van der Waals surface area (Å²) in [6.07, 6.45) is -4.28. The summed E-state index contributed by atoms with van der Waals surface area (Å²) >= 11 is 0. The van der Waals surface area contributed by atoms with Gasteiger partial charge in [-0.3, -0.25) is 9.59 Å². The summed E-state index contributed by atoms with van der Waals surface area (Å²) in [4.78, 5) is 21.2. The second kappa shape index (κ2) is 4.08. The van der Waals surface area contributed by atoms with Crippen LogP contribution in [0, 0.1) is 5.92 Å². The van der Waals surface area contributed by atoms with Gasteiger partial charge in [-0.25, -0.2) is 0 Å². The third-order valence-corrected chi connectivity index (χ3v) is 2.10. The summed E-state index contributed by atoms with van der Waals surface area (Å²) in [5.41, 5.74) is 4.69. The van der Waals surface area contributed by atoms with Crippen molar-refractivity contribution in [2.24, 2.45) is 11.7 Å². The van der Waals surface area contributed by atoms with Gasteiger partial charge in [0.1, 0.15) is 12.5 Å². The van der Waals surface area contributed by atoms with Crippen LogP contribution in [0.1, 0.15) is 19.3 Å². The first kappa shape index (κ1) is 11.8. The molecule has 1 aliphatic rings. The lowest BCUT2D eigenvalue weighted by atomic mass is 10.1. The fourth-order valence-corrected chi connectivity index (χ4v) is 1.28. The van der Waals surface area contributed by atoms with Crippen molar-refractivity contribution in [2.45, 2.75) is 31.5 Å². The van der Waals surface area contributed by atoms with E-state index >= 15 is 0 Å². The summed E-state index contributed by atoms with van der Waals surface area (Å²) in [7, 11) is 0. The molecule has 7 heteroatoms. The third kappa shape index (κ3) is 3.77. The minimum atomic E-state index is -4.46. The molecule has 2 amide bonds. The van der Waals surface area contributed by atoms with Crippen LogP contribution >= 0.6 is 0 Å². The van der Waals surface area contributed by atoms with Crippen molar-refractivity contribution in [3.63, 3.8) is 0 Å². The number of hydrogen-bond donors (Lipinski definition) is 2. The number of primary amides is 1. The number of carbonyl (C=O) groups excluding carboxylic acids is 2. The third-order valence-electron chi connectivity index (χ3n) is 2.10. The summed E-state index contributed by atoms with van der Waals surface area (Å²) < 4.78 is 37.1. The van der Waals surface area contributed by atoms with Gasteiger partial charge >= 0.3 is 6.18 Å². The second-order valence-corrected chi connectivity index (χ2v) is 3.57. The van der Waals surface area contributed by atoms with Crippen molar-refractivity contribution in [1.29, 1.82) is 0 Å². The number of alkyl halides is 3. The van der Waals surface area contributed by atoms with E-state index in [0.29, 0.717) is 12.8 Å². The van der Waals surface area contributed by atoms with E-state index in [1.165, 1.54) is 0 Å². The Labute approximate surface area is 84.0 Å². The topological polar surface area (TPSA) is 72.2 Å². The molecule has 1 aliphatic carbocycles. The first-order chi connectivity index (χ1) is 6.80. The van der Waals surface area contributed by atoms with Crippen LogP contribution in [0.3, 0.4) is 0 Å². The second-order valence-electron chi connectivity index (χ2n) is 3.57. The van der Waals surface area contributed by atoms with E-state index in [2.05, 4.69) is 5.73 Å². The Hall–Kier alpha value is -1.27. The summed E-state index contributed by atoms with van der Waals surface area (Å²) in [6, 6.07) is -1.84. The Morgan fingerprint density at radius 1 is 1.40 bits per heavy atom. The fraction of sp³-hybridized carbons (Fsp3) is 0.750. The number of hydrogen-bond acceptors (Lipinski definition) is 2. The molecule has 0 saturated heterocycles. The average molecular weight is 224 g/mol. The highest BCUT2D eigenvalue weighted by atomic mass is 19.4. The standard InChI is InChI=1S/C8H11F3N2O2/c9-8(10,11)7(4-1-2-4)13-6(15)3-5(12)14/h4,7H,1-3H2,(H2,12,14)(H,13,15). The molecule has 15 heavy (non-hydrogen) atoms. The van der Waals surface area contributed by atoms with Gasteiger partial charge in [0.15, 0.2) is 0 Å². The molecule has 0 radical (unpaired) electrons. The molecule has 0 aliphatic heterocycles. The van der Waals surface area contributed by atoms with Gasteiger partial charge in [-0.1, -0.05) is 0 Å². The number of nitrogens with one attached hydrogen (secondary N) is 1. The molecular formula is C8H11F3N2O2. The minimum Gasteiger partial charge on any atom is -0.369 e. The van der Waals surface area contributed by atoms with E-state index in [9.17, 15) is 22.8 Å². The van der Waals surface area contributed by atoms with Gasteiger partial charge < -0.3 is 11.1 Å². The van der Waals surface area contributed by atoms with Crippen LogP contribution in [-0.2, 0) is 9.59 Å². The minimum absolute atomic E-state index is 0.445. The van der Waals surface area contributed by atoms with Gasteiger partial charge in [0.05, 0.1) is 0 Å². The quantitative estimate of drug-likeness (QED) is 0.675. The van der Waals surface area contributed by atoms with Crippen molar-refractivity contribution in [1.82, 2.24) is 5.32 Å². The predicted molar refractivity (Wildman–Crippen MR) is 44.5 cm³/mol. The maximum absolute atomic E-state index is 12.4. The molecule has 0 aromatic heterocycles. The van der Waals surface area contributed by atoms with Gasteiger partial charge in [0, 0.05) is 0 Å². The Kier molecular flexibility index (Phi) is 3.21. The molecule has 0 aromatic carbocycles. The molecule has 0 bridgehead atoms. The maximum atomic E-state index is 12.4. The number of rotatable bonds is 4. The molecule has 1 atom stereocenters. The smallest absolute Gasteiger partial charge is 0.369 e. The van der Waals surface area contributed by atoms with Crippen molar-refractivity contribution in [3.05, 3.63) is 0 Å². The van der Waals surface area contributed by atoms with Crippen LogP contribution in [0.25, 0.3) is 0 Å². The van der Waals surface area contributed by atoms with E-state index in [4.69, 9.17) is 0 Å². The van der Waals surface area contributed by atoms with Gasteiger partial charge in [-0.05, 0) is 18.8 Å². The lowest BCUT2D eigenvalue weighted by Gasteiger charge is -2.20. The number of carbonyl (C=O) groups is 2. The Morgan fingerprint density at radius 3 is 2.27 bits per heavy atom. The van der Waals surface area contributed by atoms with Crippen molar-refractivity contribution in [3.8, 4) is 0 Å². The normalized spacial score (nSPS) is 18.3. The van der Waals surface area contributed by atoms with Crippen molar-refractivity contribution in [2.75, 3.05) is 0 Å². The van der Waals surface area contributed by atoms with Crippen LogP contribution in [0.5, 0.6) is 0 Å². The van der Waals surface area contributed by atoms with Crippen molar-refractivity contribution >= 4 is 11.8 Å². The molecule has 0 heterocycles. The lowest BCUT2D eigenvalue weighted by molar-refractivity contribution is -0.166. The number of halogens is 3. The summed E-state index contributed by atoms with van der Waals surface area (Å²) in [6.45, 7) is 0. The lowest BCUT2D eigenvalue weighted by Crippen LogP contribution is -2.47. The highest BCUT2D eigenvalue weighted by Gasteiger charge is 2.49. The summed E-state index contributed by atoms with van der Waals surface area (Å²) in [5.74, 6) is -2.47. The SMILES string of the molecule is NC(=O)CC(=O)NC(C1CC1)C(F)(F)F. The van der Waals surface area contributed by atoms with Crippen LogP contribution in [0.2, 0.25) is 0 Å². The zero-order valence-electron chi connectivity index (χ0n) is 7.80. The molecule has 0 spiro atoms. The van der Waals surface area contributed by atoms with Gasteiger partial charge in [0.25, 0.3) is 0 Å². The molecule has 1 fully saturated rings. The predicted octanol–water partition coefficient (Wildman–Crippen LogP) is 0.319. The highest BCUT2D eigenvalue weighted by Crippen LogP contribution is 2.40. The first-order valence-corrected chi connectivity index (χ1v) is 4.45. The van der Waals surface area contributed by atoms with Crippen LogP contribution in [-0.4, -0.2) is 24.0 Å². The summed E-state index contributed by atoms with van der Waals surface area (Å²) in [5, 5.41) is 1.79. The van der Waals surface area contributed by atoms with E-state index in [1.807, 2.05) is 0 Å². The Bertz CT molecular complexity index is 274. The number of amides is 2. The van der Waals surface area contributed by atoms with Crippen LogP contribution in [0.15, 0.2) is 0 Å². The Morgan fingerprint density at radius 2 is 1.93 bits per heavy atom. The monoisotopic (exact) mass is 224 g/mol. The molecule has 1 rings (SSSR count). The molecule has 3 N–H and O–H groups in total. The first-order valence-electron chi connectivity index (χ1n) is 4.45. The molecule has 86 valence electrons. The zero-order chi connectivity index (χ0) is 11.6. The maximum Gasteiger partial charge on any atom is 0.408 e. The van der Waals surface area contributed by atoms with E-state index in [0.717, 1.165) is 0 Å². The fourth-order valence-electron chi connectivity index (χ4n) is 1.28. The molecule has 1 saturated carbocycles. The number of nitrogens with two attached hydrogens (primary N) is 1. The van der Waals surface area contributed by atoms with Crippen LogP contribution in [0.4, 0.5) is 13.2 Å². The van der Waals surface area contributed by atoms with E-state index in [-0.39, 0.29) is 0 Å². The molecule has 0 aromatic rings. The van der Waals surface area contributed by atoms with Gasteiger partial charge in [-0.15, -0.1) is 0 Å². The highest BCUT2D eigenvalue weighted by molar-refractivity contribution is 5.96. The Balaban J connectivity index is 2.51.